The van der Waals surface area contributed by atoms with E-state index in [2.05, 4.69) is 0 Å². The average Bonchev–Trinajstić information content (AvgIpc) is 2.39. The van der Waals surface area contributed by atoms with Crippen molar-refractivity contribution in [3.05, 3.63) is 28.8 Å². The van der Waals surface area contributed by atoms with Crippen molar-refractivity contribution in [3.63, 3.8) is 0 Å². The summed E-state index contributed by atoms with van der Waals surface area (Å²) in [5.41, 5.74) is 0.711. The van der Waals surface area contributed by atoms with Gasteiger partial charge in [-0.3, -0.25) is 4.79 Å². The second-order valence-electron chi connectivity index (χ2n) is 4.45. The van der Waals surface area contributed by atoms with E-state index in [1.807, 2.05) is 11.8 Å². The summed E-state index contributed by atoms with van der Waals surface area (Å²) in [6.45, 7) is 3.07. The van der Waals surface area contributed by atoms with Crippen LogP contribution in [0.15, 0.2) is 18.2 Å². The molecule has 1 rings (SSSR count). The number of hydrogen-bond acceptors (Lipinski definition) is 3. The van der Waals surface area contributed by atoms with Crippen LogP contribution in [0.5, 0.6) is 0 Å². The molecule has 0 bridgehead atoms. The van der Waals surface area contributed by atoms with Gasteiger partial charge in [-0.15, -0.1) is 0 Å². The Labute approximate surface area is 122 Å². The molecule has 0 saturated carbocycles. The van der Waals surface area contributed by atoms with Gasteiger partial charge in [0.1, 0.15) is 0 Å². The molecule has 0 heterocycles. The second kappa shape index (κ2) is 7.75. The molecule has 0 aliphatic rings. The van der Waals surface area contributed by atoms with Gasteiger partial charge in [0.2, 0.25) is 0 Å². The number of carbonyl (C=O) groups is 2. The molecule has 6 heteroatoms. The normalized spacial score (nSPS) is 10.3. The van der Waals surface area contributed by atoms with E-state index >= 15 is 0 Å². The highest BCUT2D eigenvalue weighted by Crippen LogP contribution is 2.24. The molecule has 2 N–H and O–H groups in total. The molecule has 110 valence electrons. The number of carboxylic acid groups (broad SMARTS) is 2. The monoisotopic (exact) mass is 299 g/mol. The third-order valence-corrected chi connectivity index (χ3v) is 3.25. The van der Waals surface area contributed by atoms with Crippen LogP contribution in [0.2, 0.25) is 5.02 Å². The molecule has 1 aromatic rings. The van der Waals surface area contributed by atoms with Gasteiger partial charge in [-0.2, -0.15) is 0 Å². The van der Waals surface area contributed by atoms with Crippen LogP contribution in [0, 0.1) is 0 Å². The molecule has 0 aliphatic heterocycles. The van der Waals surface area contributed by atoms with E-state index < -0.39 is 11.9 Å². The largest absolute Gasteiger partial charge is 0.481 e. The zero-order valence-electron chi connectivity index (χ0n) is 11.3. The van der Waals surface area contributed by atoms with E-state index in [0.717, 1.165) is 12.8 Å². The van der Waals surface area contributed by atoms with Gasteiger partial charge in [-0.1, -0.05) is 24.9 Å². The maximum absolute atomic E-state index is 11.1. The number of rotatable bonds is 8. The summed E-state index contributed by atoms with van der Waals surface area (Å²) in [4.78, 5) is 23.7. The van der Waals surface area contributed by atoms with Crippen LogP contribution in [-0.4, -0.2) is 35.2 Å². The molecule has 0 radical (unpaired) electrons. The van der Waals surface area contributed by atoms with E-state index in [-0.39, 0.29) is 17.0 Å². The molecule has 0 fully saturated rings. The first kappa shape index (κ1) is 16.3. The number of carboxylic acids is 2. The highest BCUT2D eigenvalue weighted by molar-refractivity contribution is 6.33. The molecule has 20 heavy (non-hydrogen) atoms. The summed E-state index contributed by atoms with van der Waals surface area (Å²) >= 11 is 5.83. The van der Waals surface area contributed by atoms with Crippen molar-refractivity contribution in [2.45, 2.75) is 26.2 Å². The third kappa shape index (κ3) is 4.74. The maximum atomic E-state index is 11.1. The average molecular weight is 300 g/mol. The van der Waals surface area contributed by atoms with Gasteiger partial charge in [0.05, 0.1) is 17.0 Å². The van der Waals surface area contributed by atoms with E-state index in [4.69, 9.17) is 21.8 Å². The van der Waals surface area contributed by atoms with Crippen LogP contribution in [-0.2, 0) is 4.79 Å². The molecule has 1 aromatic carbocycles. The lowest BCUT2D eigenvalue weighted by Gasteiger charge is -2.24. The summed E-state index contributed by atoms with van der Waals surface area (Å²) < 4.78 is 0. The molecule has 0 saturated heterocycles. The lowest BCUT2D eigenvalue weighted by atomic mass is 10.1. The van der Waals surface area contributed by atoms with Crippen molar-refractivity contribution in [2.75, 3.05) is 18.0 Å². The number of aliphatic carboxylic acids is 1. The molecule has 0 spiro atoms. The topological polar surface area (TPSA) is 77.8 Å². The smallest absolute Gasteiger partial charge is 0.337 e. The SMILES string of the molecule is CCCCN(CCC(=O)O)c1ccc(Cl)c(C(=O)O)c1. The number of halogens is 1. The van der Waals surface area contributed by atoms with Crippen LogP contribution < -0.4 is 4.90 Å². The number of unbranched alkanes of at least 4 members (excludes halogenated alkanes) is 1. The van der Waals surface area contributed by atoms with Crippen molar-refractivity contribution in [1.29, 1.82) is 0 Å². The van der Waals surface area contributed by atoms with Crippen LogP contribution >= 0.6 is 11.6 Å². The Hall–Kier alpha value is -1.75. The van der Waals surface area contributed by atoms with Crippen molar-refractivity contribution >= 4 is 29.2 Å². The quantitative estimate of drug-likeness (QED) is 0.771. The highest BCUT2D eigenvalue weighted by atomic mass is 35.5. The van der Waals surface area contributed by atoms with Crippen molar-refractivity contribution in [2.24, 2.45) is 0 Å². The number of nitrogens with zero attached hydrogens (tertiary/aromatic N) is 1. The summed E-state index contributed by atoms with van der Waals surface area (Å²) in [5, 5.41) is 18.0. The predicted octanol–water partition coefficient (Wildman–Crippen LogP) is 3.12. The highest BCUT2D eigenvalue weighted by Gasteiger charge is 2.14. The fourth-order valence-corrected chi connectivity index (χ4v) is 2.02. The Kier molecular flexibility index (Phi) is 6.31. The van der Waals surface area contributed by atoms with Crippen molar-refractivity contribution < 1.29 is 19.8 Å². The molecule has 0 atom stereocenters. The molecule has 0 aromatic heterocycles. The van der Waals surface area contributed by atoms with E-state index in [0.29, 0.717) is 18.8 Å². The number of hydrogen-bond donors (Lipinski definition) is 2. The molecule has 0 aliphatic carbocycles. The van der Waals surface area contributed by atoms with E-state index in [1.165, 1.54) is 12.1 Å². The number of benzene rings is 1. The van der Waals surface area contributed by atoms with E-state index in [9.17, 15) is 9.59 Å². The van der Waals surface area contributed by atoms with Crippen LogP contribution in [0.1, 0.15) is 36.5 Å². The minimum Gasteiger partial charge on any atom is -0.481 e. The van der Waals surface area contributed by atoms with Gasteiger partial charge in [0, 0.05) is 18.8 Å². The minimum atomic E-state index is -1.09. The second-order valence-corrected chi connectivity index (χ2v) is 4.86. The lowest BCUT2D eigenvalue weighted by molar-refractivity contribution is -0.136. The Morgan fingerprint density at radius 1 is 1.25 bits per heavy atom. The standard InChI is InChI=1S/C14H18ClNO4/c1-2-3-7-16(8-6-13(17)18)10-4-5-12(15)11(9-10)14(19)20/h4-5,9H,2-3,6-8H2,1H3,(H,17,18)(H,19,20). The van der Waals surface area contributed by atoms with Gasteiger partial charge >= 0.3 is 11.9 Å². The molecule has 0 unspecified atom stereocenters. The summed E-state index contributed by atoms with van der Waals surface area (Å²) in [5.74, 6) is -1.97. The van der Waals surface area contributed by atoms with Crippen LogP contribution in [0.25, 0.3) is 0 Å². The molecular formula is C14H18ClNO4. The lowest BCUT2D eigenvalue weighted by Crippen LogP contribution is -2.27. The Bertz CT molecular complexity index is 490. The Morgan fingerprint density at radius 2 is 1.95 bits per heavy atom. The molecular weight excluding hydrogens is 282 g/mol. The summed E-state index contributed by atoms with van der Waals surface area (Å²) in [7, 11) is 0. The first-order valence-corrected chi connectivity index (χ1v) is 6.83. The van der Waals surface area contributed by atoms with Crippen molar-refractivity contribution in [3.8, 4) is 0 Å². The van der Waals surface area contributed by atoms with Gasteiger partial charge in [-0.05, 0) is 24.6 Å². The van der Waals surface area contributed by atoms with Gasteiger partial charge in [0.15, 0.2) is 0 Å². The molecule has 5 nitrogen and oxygen atoms in total. The summed E-state index contributed by atoms with van der Waals surface area (Å²) in [6, 6.07) is 4.73. The van der Waals surface area contributed by atoms with Crippen LogP contribution in [0.4, 0.5) is 5.69 Å². The first-order chi connectivity index (χ1) is 9.45. The Morgan fingerprint density at radius 3 is 2.50 bits per heavy atom. The van der Waals surface area contributed by atoms with Gasteiger partial charge in [-0.25, -0.2) is 4.79 Å². The minimum absolute atomic E-state index is 0.00868. The van der Waals surface area contributed by atoms with Crippen molar-refractivity contribution in [1.82, 2.24) is 0 Å². The zero-order chi connectivity index (χ0) is 15.1. The van der Waals surface area contributed by atoms with Crippen LogP contribution in [0.3, 0.4) is 0 Å². The fraction of sp³-hybridized carbons (Fsp3) is 0.429. The van der Waals surface area contributed by atoms with Gasteiger partial charge < -0.3 is 15.1 Å². The first-order valence-electron chi connectivity index (χ1n) is 6.45. The summed E-state index contributed by atoms with van der Waals surface area (Å²) in [6.07, 6.45) is 1.89. The fourth-order valence-electron chi connectivity index (χ4n) is 1.82. The molecule has 0 amide bonds. The zero-order valence-corrected chi connectivity index (χ0v) is 12.1. The predicted molar refractivity (Wildman–Crippen MR) is 77.8 cm³/mol. The van der Waals surface area contributed by atoms with E-state index in [1.54, 1.807) is 6.07 Å². The number of aromatic carboxylic acids is 1. The Balaban J connectivity index is 2.96. The van der Waals surface area contributed by atoms with Gasteiger partial charge in [0.25, 0.3) is 0 Å². The number of anilines is 1. The third-order valence-electron chi connectivity index (χ3n) is 2.92. The maximum Gasteiger partial charge on any atom is 0.337 e.